The van der Waals surface area contributed by atoms with Gasteiger partial charge in [0.2, 0.25) is 17.2 Å². The van der Waals surface area contributed by atoms with Crippen molar-refractivity contribution in [2.45, 2.75) is 26.3 Å². The summed E-state index contributed by atoms with van der Waals surface area (Å²) in [6.45, 7) is 2.60. The summed E-state index contributed by atoms with van der Waals surface area (Å²) in [7, 11) is 0. The Morgan fingerprint density at radius 1 is 1.13 bits per heavy atom. The zero-order valence-corrected chi connectivity index (χ0v) is 16.7. The number of hydrogen-bond acceptors (Lipinski definition) is 5. The topological polar surface area (TPSA) is 113 Å². The fraction of sp³-hybridized carbons (Fsp3) is 0.273. The van der Waals surface area contributed by atoms with Crippen molar-refractivity contribution in [3.8, 4) is 5.88 Å². The van der Waals surface area contributed by atoms with Crippen LogP contribution >= 0.6 is 0 Å². The first-order valence-electron chi connectivity index (χ1n) is 9.82. The number of benzene rings is 1. The van der Waals surface area contributed by atoms with Gasteiger partial charge in [0.25, 0.3) is 5.91 Å². The molecule has 0 radical (unpaired) electrons. The van der Waals surface area contributed by atoms with Crippen molar-refractivity contribution in [3.63, 3.8) is 0 Å². The Morgan fingerprint density at radius 3 is 2.80 bits per heavy atom. The summed E-state index contributed by atoms with van der Waals surface area (Å²) in [5.41, 5.74) is 0.969. The summed E-state index contributed by atoms with van der Waals surface area (Å²) in [4.78, 5) is 44.1. The molecule has 0 atom stereocenters. The molecule has 0 aliphatic heterocycles. The van der Waals surface area contributed by atoms with Crippen molar-refractivity contribution in [1.29, 1.82) is 0 Å². The molecule has 2 amide bonds. The van der Waals surface area contributed by atoms with Crippen LogP contribution in [0.5, 0.6) is 5.88 Å². The number of fused-ring (bicyclic) bond motifs is 1. The lowest BCUT2D eigenvalue weighted by molar-refractivity contribution is -0.120. The fourth-order valence-electron chi connectivity index (χ4n) is 2.85. The van der Waals surface area contributed by atoms with Gasteiger partial charge in [0.1, 0.15) is 5.56 Å². The highest BCUT2D eigenvalue weighted by Gasteiger charge is 2.14. The van der Waals surface area contributed by atoms with E-state index in [4.69, 9.17) is 4.74 Å². The molecule has 2 aromatic heterocycles. The van der Waals surface area contributed by atoms with Crippen LogP contribution < -0.4 is 20.8 Å². The van der Waals surface area contributed by atoms with Crippen molar-refractivity contribution in [2.75, 3.05) is 13.2 Å². The highest BCUT2D eigenvalue weighted by Crippen LogP contribution is 2.14. The van der Waals surface area contributed by atoms with E-state index >= 15 is 0 Å². The smallest absolute Gasteiger partial charge is 0.257 e. The molecule has 0 spiro atoms. The van der Waals surface area contributed by atoms with E-state index in [0.29, 0.717) is 23.4 Å². The Labute approximate surface area is 173 Å². The summed E-state index contributed by atoms with van der Waals surface area (Å²) < 4.78 is 5.64. The number of aromatic nitrogens is 2. The van der Waals surface area contributed by atoms with Crippen LogP contribution in [-0.2, 0) is 11.3 Å². The Kier molecular flexibility index (Phi) is 7.15. The number of ether oxygens (including phenoxy) is 1. The molecule has 8 heteroatoms. The predicted octanol–water partition coefficient (Wildman–Crippen LogP) is 2.15. The average Bonchev–Trinajstić information content (AvgIpc) is 2.77. The Hall–Kier alpha value is -3.68. The number of pyridine rings is 2. The number of rotatable bonds is 9. The summed E-state index contributed by atoms with van der Waals surface area (Å²) in [5.74, 6) is -0.510. The van der Waals surface area contributed by atoms with Gasteiger partial charge in [-0.1, -0.05) is 31.5 Å². The van der Waals surface area contributed by atoms with Crippen LogP contribution in [0.2, 0.25) is 0 Å². The molecular weight excluding hydrogens is 384 g/mol. The molecule has 0 fully saturated rings. The van der Waals surface area contributed by atoms with E-state index in [1.54, 1.807) is 36.5 Å². The first kappa shape index (κ1) is 21.0. The summed E-state index contributed by atoms with van der Waals surface area (Å²) >= 11 is 0. The summed E-state index contributed by atoms with van der Waals surface area (Å²) in [5, 5.41) is 5.62. The van der Waals surface area contributed by atoms with Crippen LogP contribution in [0.3, 0.4) is 0 Å². The third-order valence-corrected chi connectivity index (χ3v) is 4.51. The van der Waals surface area contributed by atoms with Crippen molar-refractivity contribution < 1.29 is 14.3 Å². The Balaban J connectivity index is 1.55. The van der Waals surface area contributed by atoms with Gasteiger partial charge in [-0.15, -0.1) is 0 Å². The second-order valence-electron chi connectivity index (χ2n) is 6.71. The van der Waals surface area contributed by atoms with Gasteiger partial charge in [0.05, 0.1) is 13.2 Å². The summed E-state index contributed by atoms with van der Waals surface area (Å²) in [6, 6.07) is 10.5. The third kappa shape index (κ3) is 5.22. The van der Waals surface area contributed by atoms with Gasteiger partial charge in [-0.25, -0.2) is 4.98 Å². The molecule has 156 valence electrons. The number of H-pyrrole nitrogens is 1. The number of amides is 2. The monoisotopic (exact) mass is 408 g/mol. The minimum absolute atomic E-state index is 0.0413. The fourth-order valence-corrected chi connectivity index (χ4v) is 2.85. The standard InChI is InChI=1S/C22H24N4O4/c1-2-3-11-30-22-15(7-6-10-23-22)12-25-19(27)14-26-21(29)17-13-24-18-9-5-4-8-16(18)20(17)28/h4-10,13H,2-3,11-12,14H2,1H3,(H,24,28)(H,25,27)(H,26,29). The predicted molar refractivity (Wildman–Crippen MR) is 113 cm³/mol. The minimum atomic E-state index is -0.609. The number of carbonyl (C=O) groups excluding carboxylic acids is 2. The van der Waals surface area contributed by atoms with Gasteiger partial charge in [-0.2, -0.15) is 0 Å². The van der Waals surface area contributed by atoms with Crippen molar-refractivity contribution >= 4 is 22.7 Å². The van der Waals surface area contributed by atoms with E-state index in [0.717, 1.165) is 18.4 Å². The quantitative estimate of drug-likeness (QED) is 0.470. The Bertz CT molecular complexity index is 1090. The number of aromatic amines is 1. The number of carbonyl (C=O) groups is 2. The second kappa shape index (κ2) is 10.2. The van der Waals surface area contributed by atoms with Crippen LogP contribution in [0.1, 0.15) is 35.7 Å². The van der Waals surface area contributed by atoms with Crippen LogP contribution in [0, 0.1) is 0 Å². The molecule has 0 aliphatic carbocycles. The molecule has 3 N–H and O–H groups in total. The van der Waals surface area contributed by atoms with Gasteiger partial charge >= 0.3 is 0 Å². The maximum Gasteiger partial charge on any atom is 0.257 e. The molecule has 0 aliphatic rings. The molecule has 3 rings (SSSR count). The largest absolute Gasteiger partial charge is 0.477 e. The zero-order valence-electron chi connectivity index (χ0n) is 16.7. The highest BCUT2D eigenvalue weighted by molar-refractivity contribution is 5.98. The number of hydrogen-bond donors (Lipinski definition) is 3. The van der Waals surface area contributed by atoms with Crippen LogP contribution in [0.4, 0.5) is 0 Å². The maximum atomic E-state index is 12.5. The van der Waals surface area contributed by atoms with Gasteiger partial charge < -0.3 is 20.4 Å². The molecule has 0 bridgehead atoms. The normalized spacial score (nSPS) is 10.6. The van der Waals surface area contributed by atoms with Crippen molar-refractivity contribution in [1.82, 2.24) is 20.6 Å². The van der Waals surface area contributed by atoms with Gasteiger partial charge in [-0.05, 0) is 24.6 Å². The minimum Gasteiger partial charge on any atom is -0.477 e. The summed E-state index contributed by atoms with van der Waals surface area (Å²) in [6.07, 6.45) is 4.92. The molecule has 0 saturated heterocycles. The van der Waals surface area contributed by atoms with E-state index in [9.17, 15) is 14.4 Å². The third-order valence-electron chi connectivity index (χ3n) is 4.51. The lowest BCUT2D eigenvalue weighted by Crippen LogP contribution is -2.38. The lowest BCUT2D eigenvalue weighted by atomic mass is 10.1. The maximum absolute atomic E-state index is 12.5. The van der Waals surface area contributed by atoms with Crippen LogP contribution in [0.15, 0.2) is 53.6 Å². The molecule has 2 heterocycles. The van der Waals surface area contributed by atoms with Crippen molar-refractivity contribution in [3.05, 3.63) is 70.1 Å². The number of nitrogens with one attached hydrogen (secondary N) is 3. The molecule has 30 heavy (non-hydrogen) atoms. The highest BCUT2D eigenvalue weighted by atomic mass is 16.5. The number of nitrogens with zero attached hydrogens (tertiary/aromatic N) is 1. The lowest BCUT2D eigenvalue weighted by Gasteiger charge is -2.11. The number of para-hydroxylation sites is 1. The van der Waals surface area contributed by atoms with E-state index in [-0.39, 0.29) is 30.0 Å². The van der Waals surface area contributed by atoms with Crippen LogP contribution in [0.25, 0.3) is 10.9 Å². The zero-order chi connectivity index (χ0) is 21.3. The number of unbranched alkanes of at least 4 members (excludes halogenated alkanes) is 1. The van der Waals surface area contributed by atoms with E-state index in [2.05, 4.69) is 27.5 Å². The Morgan fingerprint density at radius 2 is 1.97 bits per heavy atom. The molecule has 1 aromatic carbocycles. The van der Waals surface area contributed by atoms with Gasteiger partial charge in [0, 0.05) is 35.4 Å². The molecule has 8 nitrogen and oxygen atoms in total. The second-order valence-corrected chi connectivity index (χ2v) is 6.71. The average molecular weight is 408 g/mol. The first-order chi connectivity index (χ1) is 14.6. The van der Waals surface area contributed by atoms with Crippen molar-refractivity contribution in [2.24, 2.45) is 0 Å². The molecule has 0 saturated carbocycles. The molecule has 0 unspecified atom stereocenters. The van der Waals surface area contributed by atoms with Gasteiger partial charge in [-0.3, -0.25) is 14.4 Å². The van der Waals surface area contributed by atoms with Gasteiger partial charge in [0.15, 0.2) is 0 Å². The van der Waals surface area contributed by atoms with E-state index < -0.39 is 5.91 Å². The van der Waals surface area contributed by atoms with E-state index in [1.807, 2.05) is 6.07 Å². The molecule has 3 aromatic rings. The van der Waals surface area contributed by atoms with Crippen LogP contribution in [-0.4, -0.2) is 34.9 Å². The SMILES string of the molecule is CCCCOc1ncccc1CNC(=O)CNC(=O)c1c[nH]c2ccccc2c1=O. The van der Waals surface area contributed by atoms with E-state index in [1.165, 1.54) is 6.20 Å². The molecular formula is C22H24N4O4. The first-order valence-corrected chi connectivity index (χ1v) is 9.82.